The number of aliphatic hydroxyl groups is 1. The van der Waals surface area contributed by atoms with Gasteiger partial charge in [0.15, 0.2) is 0 Å². The molecule has 0 spiro atoms. The molecule has 2 aromatic rings. The standard InChI is InChI=1S/C21H25NO3S2/c1-26-15-19(13-23)22-20(24)18(12-16-8-4-2-5-9-16)14-27-21(25)17-10-6-3-7-11-17/h2-11,18-19,23H,12-15H2,1H3,(H,22,24)/t18-,19+/m0/s1. The molecule has 0 fully saturated rings. The predicted molar refractivity (Wildman–Crippen MR) is 114 cm³/mol. The molecule has 0 aromatic heterocycles. The Morgan fingerprint density at radius 3 is 2.22 bits per heavy atom. The third-order valence-electron chi connectivity index (χ3n) is 4.06. The van der Waals surface area contributed by atoms with E-state index in [9.17, 15) is 14.7 Å². The van der Waals surface area contributed by atoms with Gasteiger partial charge in [-0.1, -0.05) is 72.4 Å². The number of benzene rings is 2. The molecule has 0 unspecified atom stereocenters. The van der Waals surface area contributed by atoms with Gasteiger partial charge in [-0.05, 0) is 18.2 Å². The van der Waals surface area contributed by atoms with Crippen LogP contribution in [0.4, 0.5) is 0 Å². The van der Waals surface area contributed by atoms with Crippen LogP contribution in [-0.4, -0.2) is 46.5 Å². The lowest BCUT2D eigenvalue weighted by molar-refractivity contribution is -0.125. The van der Waals surface area contributed by atoms with Crippen LogP contribution in [0, 0.1) is 5.92 Å². The molecule has 0 saturated carbocycles. The summed E-state index contributed by atoms with van der Waals surface area (Å²) in [5.41, 5.74) is 1.69. The number of nitrogens with one attached hydrogen (secondary N) is 1. The molecule has 2 N–H and O–H groups in total. The van der Waals surface area contributed by atoms with Crippen LogP contribution >= 0.6 is 23.5 Å². The Morgan fingerprint density at radius 1 is 1.00 bits per heavy atom. The Labute approximate surface area is 169 Å². The largest absolute Gasteiger partial charge is 0.394 e. The minimum absolute atomic E-state index is 0.0377. The van der Waals surface area contributed by atoms with Crippen LogP contribution in [0.3, 0.4) is 0 Å². The fourth-order valence-electron chi connectivity index (χ4n) is 2.62. The second kappa shape index (κ2) is 11.8. The van der Waals surface area contributed by atoms with Crippen molar-refractivity contribution < 1.29 is 14.7 Å². The summed E-state index contributed by atoms with van der Waals surface area (Å²) in [7, 11) is 0. The zero-order valence-electron chi connectivity index (χ0n) is 15.3. The molecule has 2 rings (SSSR count). The van der Waals surface area contributed by atoms with Crippen molar-refractivity contribution in [3.8, 4) is 0 Å². The molecule has 0 heterocycles. The number of aliphatic hydroxyl groups excluding tert-OH is 1. The molecule has 2 atom stereocenters. The second-order valence-corrected chi connectivity index (χ2v) is 8.10. The van der Waals surface area contributed by atoms with E-state index in [1.165, 1.54) is 11.8 Å². The number of amides is 1. The minimum Gasteiger partial charge on any atom is -0.394 e. The SMILES string of the molecule is CSC[C@@H](CO)NC(=O)[C@H](CSC(=O)c1ccccc1)Cc1ccccc1. The van der Waals surface area contributed by atoms with Crippen molar-refractivity contribution in [3.05, 3.63) is 71.8 Å². The molecule has 6 heteroatoms. The number of hydrogen-bond donors (Lipinski definition) is 2. The van der Waals surface area contributed by atoms with Gasteiger partial charge >= 0.3 is 0 Å². The van der Waals surface area contributed by atoms with Gasteiger partial charge in [0.05, 0.1) is 18.6 Å². The summed E-state index contributed by atoms with van der Waals surface area (Å²) < 4.78 is 0. The smallest absolute Gasteiger partial charge is 0.224 e. The van der Waals surface area contributed by atoms with E-state index in [2.05, 4.69) is 5.32 Å². The highest BCUT2D eigenvalue weighted by molar-refractivity contribution is 8.14. The van der Waals surface area contributed by atoms with Gasteiger partial charge < -0.3 is 10.4 Å². The Morgan fingerprint density at radius 2 is 1.63 bits per heavy atom. The van der Waals surface area contributed by atoms with E-state index in [4.69, 9.17) is 0 Å². The predicted octanol–water partition coefficient (Wildman–Crippen LogP) is 3.26. The van der Waals surface area contributed by atoms with Crippen LogP contribution in [0.5, 0.6) is 0 Å². The topological polar surface area (TPSA) is 66.4 Å². The van der Waals surface area contributed by atoms with Gasteiger partial charge in [0.2, 0.25) is 11.0 Å². The summed E-state index contributed by atoms with van der Waals surface area (Å²) >= 11 is 2.74. The third kappa shape index (κ3) is 7.40. The number of carbonyl (C=O) groups excluding carboxylic acids is 2. The fraction of sp³-hybridized carbons (Fsp3) is 0.333. The minimum atomic E-state index is -0.346. The monoisotopic (exact) mass is 403 g/mol. The normalized spacial score (nSPS) is 13.0. The Bertz CT molecular complexity index is 710. The van der Waals surface area contributed by atoms with Crippen molar-refractivity contribution in [1.82, 2.24) is 5.32 Å². The molecule has 2 aromatic carbocycles. The number of carbonyl (C=O) groups is 2. The third-order valence-corrected chi connectivity index (χ3v) is 5.86. The van der Waals surface area contributed by atoms with Crippen molar-refractivity contribution in [2.24, 2.45) is 5.92 Å². The lowest BCUT2D eigenvalue weighted by Gasteiger charge is -2.21. The summed E-state index contributed by atoms with van der Waals surface area (Å²) in [6.45, 7) is -0.0965. The van der Waals surface area contributed by atoms with Crippen molar-refractivity contribution in [2.75, 3.05) is 24.4 Å². The summed E-state index contributed by atoms with van der Waals surface area (Å²) in [5.74, 6) is 0.573. The van der Waals surface area contributed by atoms with Gasteiger partial charge in [0, 0.05) is 17.1 Å². The number of hydrogen-bond acceptors (Lipinski definition) is 5. The van der Waals surface area contributed by atoms with Gasteiger partial charge in [0.25, 0.3) is 0 Å². The molecule has 1 amide bonds. The van der Waals surface area contributed by atoms with E-state index < -0.39 is 0 Å². The lowest BCUT2D eigenvalue weighted by Crippen LogP contribution is -2.43. The lowest BCUT2D eigenvalue weighted by atomic mass is 10.00. The molecule has 0 saturated heterocycles. The van der Waals surface area contributed by atoms with Gasteiger partial charge in [-0.3, -0.25) is 9.59 Å². The molecule has 27 heavy (non-hydrogen) atoms. The molecular weight excluding hydrogens is 378 g/mol. The molecule has 0 aliphatic heterocycles. The summed E-state index contributed by atoms with van der Waals surface area (Å²) in [5, 5.41) is 12.3. The zero-order valence-corrected chi connectivity index (χ0v) is 17.0. The molecular formula is C21H25NO3S2. The van der Waals surface area contributed by atoms with E-state index in [0.717, 1.165) is 5.56 Å². The van der Waals surface area contributed by atoms with Crippen LogP contribution in [0.15, 0.2) is 60.7 Å². The summed E-state index contributed by atoms with van der Waals surface area (Å²) in [6, 6.07) is 18.6. The molecule has 0 radical (unpaired) electrons. The highest BCUT2D eigenvalue weighted by atomic mass is 32.2. The first kappa shape index (κ1) is 21.5. The maximum Gasteiger partial charge on any atom is 0.224 e. The number of thioether (sulfide) groups is 2. The fourth-order valence-corrected chi connectivity index (χ4v) is 4.14. The van der Waals surface area contributed by atoms with Crippen LogP contribution < -0.4 is 5.32 Å². The van der Waals surface area contributed by atoms with Crippen molar-refractivity contribution in [1.29, 1.82) is 0 Å². The first-order valence-electron chi connectivity index (χ1n) is 8.80. The van der Waals surface area contributed by atoms with Gasteiger partial charge in [0.1, 0.15) is 0 Å². The Balaban J connectivity index is 2.04. The Hall–Kier alpha value is -1.76. The maximum absolute atomic E-state index is 12.8. The first-order chi connectivity index (χ1) is 13.1. The van der Waals surface area contributed by atoms with Crippen LogP contribution in [0.2, 0.25) is 0 Å². The van der Waals surface area contributed by atoms with Crippen LogP contribution in [-0.2, 0) is 11.2 Å². The molecule has 0 aliphatic rings. The van der Waals surface area contributed by atoms with Gasteiger partial charge in [-0.15, -0.1) is 0 Å². The zero-order chi connectivity index (χ0) is 19.5. The van der Waals surface area contributed by atoms with Gasteiger partial charge in [-0.25, -0.2) is 0 Å². The van der Waals surface area contributed by atoms with Crippen molar-refractivity contribution >= 4 is 34.5 Å². The number of rotatable bonds is 10. The van der Waals surface area contributed by atoms with Crippen molar-refractivity contribution in [2.45, 2.75) is 12.5 Å². The van der Waals surface area contributed by atoms with E-state index in [0.29, 0.717) is 23.5 Å². The van der Waals surface area contributed by atoms with Crippen LogP contribution in [0.25, 0.3) is 0 Å². The first-order valence-corrected chi connectivity index (χ1v) is 11.2. The maximum atomic E-state index is 12.8. The summed E-state index contributed by atoms with van der Waals surface area (Å²) in [6.07, 6.45) is 2.49. The highest BCUT2D eigenvalue weighted by Crippen LogP contribution is 2.19. The van der Waals surface area contributed by atoms with Crippen molar-refractivity contribution in [3.63, 3.8) is 0 Å². The highest BCUT2D eigenvalue weighted by Gasteiger charge is 2.23. The van der Waals surface area contributed by atoms with E-state index in [1.54, 1.807) is 23.9 Å². The van der Waals surface area contributed by atoms with E-state index in [-0.39, 0.29) is 29.6 Å². The average Bonchev–Trinajstić information content (AvgIpc) is 2.71. The second-order valence-electron chi connectivity index (χ2n) is 6.19. The molecule has 4 nitrogen and oxygen atoms in total. The molecule has 0 aliphatic carbocycles. The Kier molecular flexibility index (Phi) is 9.45. The van der Waals surface area contributed by atoms with E-state index >= 15 is 0 Å². The van der Waals surface area contributed by atoms with Gasteiger partial charge in [-0.2, -0.15) is 11.8 Å². The molecule has 0 bridgehead atoms. The molecule has 144 valence electrons. The quantitative estimate of drug-likeness (QED) is 0.637. The van der Waals surface area contributed by atoms with Crippen LogP contribution in [0.1, 0.15) is 15.9 Å². The van der Waals surface area contributed by atoms with E-state index in [1.807, 2.05) is 54.8 Å². The summed E-state index contributed by atoms with van der Waals surface area (Å²) in [4.78, 5) is 25.2. The average molecular weight is 404 g/mol.